The topological polar surface area (TPSA) is 86.8 Å². The number of nitrogens with one attached hydrogen (secondary N) is 1. The Morgan fingerprint density at radius 3 is 2.21 bits per heavy atom. The molecule has 3 rings (SSSR count). The summed E-state index contributed by atoms with van der Waals surface area (Å²) in [7, 11) is 0. The van der Waals surface area contributed by atoms with E-state index in [4.69, 9.17) is 0 Å². The van der Waals surface area contributed by atoms with E-state index in [1.54, 1.807) is 29.2 Å². The molecule has 0 atom stereocenters. The molecule has 0 aromatic heterocycles. The molecule has 0 radical (unpaired) electrons. The zero-order valence-electron chi connectivity index (χ0n) is 13.3. The van der Waals surface area contributed by atoms with Crippen molar-refractivity contribution in [2.75, 3.05) is 23.3 Å². The van der Waals surface area contributed by atoms with E-state index in [0.29, 0.717) is 12.1 Å². The average Bonchev–Trinajstić information content (AvgIpc) is 3.12. The number of hydrogen-bond donors (Lipinski definition) is 1. The third-order valence-electron chi connectivity index (χ3n) is 4.25. The maximum atomic E-state index is 12.0. The van der Waals surface area contributed by atoms with Gasteiger partial charge in [-0.05, 0) is 30.7 Å². The molecule has 1 aromatic rings. The Balaban J connectivity index is 1.52. The highest BCUT2D eigenvalue weighted by atomic mass is 16.2. The number of benzene rings is 1. The number of likely N-dealkylation sites (tertiary alicyclic amines) is 1. The van der Waals surface area contributed by atoms with Crippen LogP contribution in [0.5, 0.6) is 0 Å². The van der Waals surface area contributed by atoms with Crippen molar-refractivity contribution in [1.82, 2.24) is 4.90 Å². The standard InChI is InChI=1S/C17H19N3O4/c21-14(9-11-20-16(23)7-8-17(20)24)18-12-3-5-13(6-4-12)19-10-1-2-15(19)22/h3-6H,1-2,7-11H2,(H,18,21). The van der Waals surface area contributed by atoms with Crippen molar-refractivity contribution in [3.8, 4) is 0 Å². The predicted molar refractivity (Wildman–Crippen MR) is 87.2 cm³/mol. The molecule has 0 aliphatic carbocycles. The normalized spacial score (nSPS) is 17.8. The highest BCUT2D eigenvalue weighted by molar-refractivity contribution is 6.02. The lowest BCUT2D eigenvalue weighted by Crippen LogP contribution is -2.32. The van der Waals surface area contributed by atoms with E-state index in [0.717, 1.165) is 23.6 Å². The van der Waals surface area contributed by atoms with Gasteiger partial charge in [-0.3, -0.25) is 24.1 Å². The molecular formula is C17H19N3O4. The van der Waals surface area contributed by atoms with Gasteiger partial charge in [0.1, 0.15) is 0 Å². The van der Waals surface area contributed by atoms with Gasteiger partial charge in [0.2, 0.25) is 23.6 Å². The molecule has 0 saturated carbocycles. The van der Waals surface area contributed by atoms with E-state index < -0.39 is 0 Å². The number of imide groups is 1. The third kappa shape index (κ3) is 3.45. The zero-order valence-corrected chi connectivity index (χ0v) is 13.3. The number of rotatable bonds is 5. The number of carbonyl (C=O) groups excluding carboxylic acids is 4. The lowest BCUT2D eigenvalue weighted by molar-refractivity contribution is -0.138. The fourth-order valence-electron chi connectivity index (χ4n) is 2.95. The fraction of sp³-hybridized carbons (Fsp3) is 0.412. The molecule has 1 N–H and O–H groups in total. The molecule has 2 heterocycles. The molecule has 2 saturated heterocycles. The monoisotopic (exact) mass is 329 g/mol. The molecule has 7 heteroatoms. The number of carbonyl (C=O) groups is 4. The van der Waals surface area contributed by atoms with Crippen LogP contribution in [0.4, 0.5) is 11.4 Å². The molecule has 0 bridgehead atoms. The summed E-state index contributed by atoms with van der Waals surface area (Å²) >= 11 is 0. The van der Waals surface area contributed by atoms with Gasteiger partial charge < -0.3 is 10.2 Å². The first-order chi connectivity index (χ1) is 11.5. The highest BCUT2D eigenvalue weighted by Crippen LogP contribution is 2.23. The van der Waals surface area contributed by atoms with Crippen LogP contribution >= 0.6 is 0 Å². The summed E-state index contributed by atoms with van der Waals surface area (Å²) in [5, 5.41) is 2.73. The van der Waals surface area contributed by atoms with Gasteiger partial charge >= 0.3 is 0 Å². The summed E-state index contributed by atoms with van der Waals surface area (Å²) in [4.78, 5) is 49.5. The predicted octanol–water partition coefficient (Wildman–Crippen LogP) is 1.29. The molecule has 24 heavy (non-hydrogen) atoms. The summed E-state index contributed by atoms with van der Waals surface area (Å²) in [6.07, 6.45) is 1.98. The van der Waals surface area contributed by atoms with E-state index in [1.807, 2.05) is 0 Å². The molecule has 2 aliphatic rings. The van der Waals surface area contributed by atoms with E-state index in [2.05, 4.69) is 5.32 Å². The summed E-state index contributed by atoms with van der Waals surface area (Å²) < 4.78 is 0. The summed E-state index contributed by atoms with van der Waals surface area (Å²) in [6.45, 7) is 0.840. The van der Waals surface area contributed by atoms with Crippen LogP contribution in [0.1, 0.15) is 32.1 Å². The Morgan fingerprint density at radius 1 is 0.958 bits per heavy atom. The van der Waals surface area contributed by atoms with E-state index in [9.17, 15) is 19.2 Å². The molecule has 7 nitrogen and oxygen atoms in total. The molecule has 126 valence electrons. The van der Waals surface area contributed by atoms with Crippen LogP contribution in [0.15, 0.2) is 24.3 Å². The van der Waals surface area contributed by atoms with Crippen LogP contribution in [0.2, 0.25) is 0 Å². The molecule has 2 aliphatic heterocycles. The van der Waals surface area contributed by atoms with Crippen LogP contribution in [-0.4, -0.2) is 41.6 Å². The largest absolute Gasteiger partial charge is 0.326 e. The van der Waals surface area contributed by atoms with Crippen molar-refractivity contribution in [1.29, 1.82) is 0 Å². The van der Waals surface area contributed by atoms with Crippen molar-refractivity contribution < 1.29 is 19.2 Å². The quantitative estimate of drug-likeness (QED) is 0.825. The second-order valence-electron chi connectivity index (χ2n) is 5.93. The smallest absolute Gasteiger partial charge is 0.229 e. The van der Waals surface area contributed by atoms with E-state index in [1.165, 1.54) is 0 Å². The average molecular weight is 329 g/mol. The maximum absolute atomic E-state index is 12.0. The number of hydrogen-bond acceptors (Lipinski definition) is 4. The van der Waals surface area contributed by atoms with Gasteiger partial charge in [0, 0.05) is 50.1 Å². The van der Waals surface area contributed by atoms with Crippen LogP contribution in [0.3, 0.4) is 0 Å². The molecule has 4 amide bonds. The van der Waals surface area contributed by atoms with Gasteiger partial charge in [0.25, 0.3) is 0 Å². The number of anilines is 2. The van der Waals surface area contributed by atoms with Crippen molar-refractivity contribution in [2.45, 2.75) is 32.1 Å². The molecule has 2 fully saturated rings. The van der Waals surface area contributed by atoms with Crippen LogP contribution in [0, 0.1) is 0 Å². The Kier molecular flexibility index (Phi) is 4.59. The minimum absolute atomic E-state index is 0.0733. The van der Waals surface area contributed by atoms with Gasteiger partial charge in [-0.15, -0.1) is 0 Å². The first-order valence-corrected chi connectivity index (χ1v) is 8.08. The van der Waals surface area contributed by atoms with Crippen molar-refractivity contribution in [2.24, 2.45) is 0 Å². The zero-order chi connectivity index (χ0) is 17.1. The summed E-state index contributed by atoms with van der Waals surface area (Å²) in [5.74, 6) is -0.570. The van der Waals surface area contributed by atoms with E-state index in [-0.39, 0.29) is 49.4 Å². The maximum Gasteiger partial charge on any atom is 0.229 e. The molecule has 0 spiro atoms. The van der Waals surface area contributed by atoms with Crippen LogP contribution in [0.25, 0.3) is 0 Å². The van der Waals surface area contributed by atoms with Gasteiger partial charge in [-0.25, -0.2) is 0 Å². The highest BCUT2D eigenvalue weighted by Gasteiger charge is 2.28. The second kappa shape index (κ2) is 6.82. The minimum Gasteiger partial charge on any atom is -0.326 e. The Hall–Kier alpha value is -2.70. The Labute approximate surface area is 139 Å². The SMILES string of the molecule is O=C(CCN1C(=O)CCC1=O)Nc1ccc(N2CCCC2=O)cc1. The lowest BCUT2D eigenvalue weighted by atomic mass is 10.2. The minimum atomic E-state index is -0.257. The van der Waals surface area contributed by atoms with Crippen molar-refractivity contribution in [3.63, 3.8) is 0 Å². The molecule has 0 unspecified atom stereocenters. The van der Waals surface area contributed by atoms with Gasteiger partial charge in [-0.1, -0.05) is 0 Å². The van der Waals surface area contributed by atoms with Crippen LogP contribution in [-0.2, 0) is 19.2 Å². The van der Waals surface area contributed by atoms with Gasteiger partial charge in [-0.2, -0.15) is 0 Å². The number of amides is 4. The third-order valence-corrected chi connectivity index (χ3v) is 4.25. The fourth-order valence-corrected chi connectivity index (χ4v) is 2.95. The van der Waals surface area contributed by atoms with E-state index >= 15 is 0 Å². The Morgan fingerprint density at radius 2 is 1.62 bits per heavy atom. The van der Waals surface area contributed by atoms with Gasteiger partial charge in [0.05, 0.1) is 0 Å². The Bertz CT molecular complexity index is 668. The van der Waals surface area contributed by atoms with Crippen LogP contribution < -0.4 is 10.2 Å². The summed E-state index contributed by atoms with van der Waals surface area (Å²) in [5.41, 5.74) is 1.44. The summed E-state index contributed by atoms with van der Waals surface area (Å²) in [6, 6.07) is 7.08. The number of nitrogens with zero attached hydrogens (tertiary/aromatic N) is 2. The lowest BCUT2D eigenvalue weighted by Gasteiger charge is -2.16. The van der Waals surface area contributed by atoms with Crippen molar-refractivity contribution in [3.05, 3.63) is 24.3 Å². The first kappa shape index (κ1) is 16.2. The first-order valence-electron chi connectivity index (χ1n) is 8.08. The van der Waals surface area contributed by atoms with Gasteiger partial charge in [0.15, 0.2) is 0 Å². The molecule has 1 aromatic carbocycles. The van der Waals surface area contributed by atoms with Crippen molar-refractivity contribution >= 4 is 35.0 Å². The second-order valence-corrected chi connectivity index (χ2v) is 5.93. The molecular weight excluding hydrogens is 310 g/mol.